The van der Waals surface area contributed by atoms with Crippen molar-refractivity contribution in [3.63, 3.8) is 0 Å². The average Bonchev–Trinajstić information content (AvgIpc) is 2.45. The van der Waals surface area contributed by atoms with Crippen molar-refractivity contribution in [3.05, 3.63) is 60.5 Å². The van der Waals surface area contributed by atoms with Crippen molar-refractivity contribution in [2.24, 2.45) is 0 Å². The van der Waals surface area contributed by atoms with Crippen LogP contribution in [0, 0.1) is 5.82 Å². The van der Waals surface area contributed by atoms with Gasteiger partial charge in [0.2, 0.25) is 0 Å². The summed E-state index contributed by atoms with van der Waals surface area (Å²) < 4.78 is 12.9. The number of hydrogen-bond donors (Lipinski definition) is 1. The van der Waals surface area contributed by atoms with Gasteiger partial charge in [0.1, 0.15) is 5.82 Å². The standard InChI is InChI=1S/C15H11FN2S/c16-10-3-5-11(6-4-10)19-14-8-7-13-12(15(14)17)2-1-9-18-13/h1-9H,17H2. The molecule has 0 saturated carbocycles. The summed E-state index contributed by atoms with van der Waals surface area (Å²) in [6.07, 6.45) is 1.74. The van der Waals surface area contributed by atoms with E-state index in [0.29, 0.717) is 5.69 Å². The van der Waals surface area contributed by atoms with Crippen molar-refractivity contribution in [1.29, 1.82) is 0 Å². The Balaban J connectivity index is 2.01. The van der Waals surface area contributed by atoms with Crippen molar-refractivity contribution in [2.45, 2.75) is 9.79 Å². The van der Waals surface area contributed by atoms with Gasteiger partial charge in [-0.05, 0) is 48.5 Å². The number of pyridine rings is 1. The predicted molar refractivity (Wildman–Crippen MR) is 76.7 cm³/mol. The number of fused-ring (bicyclic) bond motifs is 1. The lowest BCUT2D eigenvalue weighted by molar-refractivity contribution is 0.626. The largest absolute Gasteiger partial charge is 0.397 e. The van der Waals surface area contributed by atoms with Crippen LogP contribution in [0.3, 0.4) is 0 Å². The zero-order chi connectivity index (χ0) is 13.2. The average molecular weight is 270 g/mol. The smallest absolute Gasteiger partial charge is 0.123 e. The lowest BCUT2D eigenvalue weighted by atomic mass is 10.2. The van der Waals surface area contributed by atoms with Crippen LogP contribution in [-0.4, -0.2) is 4.98 Å². The predicted octanol–water partition coefficient (Wildman–Crippen LogP) is 4.11. The molecule has 0 aliphatic carbocycles. The van der Waals surface area contributed by atoms with Crippen LogP contribution in [0.2, 0.25) is 0 Å². The van der Waals surface area contributed by atoms with Crippen LogP contribution in [0.5, 0.6) is 0 Å². The molecular formula is C15H11FN2S. The molecule has 0 bridgehead atoms. The number of nitrogens with two attached hydrogens (primary N) is 1. The van der Waals surface area contributed by atoms with Crippen molar-refractivity contribution in [3.8, 4) is 0 Å². The molecule has 0 spiro atoms. The van der Waals surface area contributed by atoms with Gasteiger partial charge in [-0.1, -0.05) is 11.8 Å². The summed E-state index contributed by atoms with van der Waals surface area (Å²) in [5.41, 5.74) is 7.75. The summed E-state index contributed by atoms with van der Waals surface area (Å²) in [7, 11) is 0. The van der Waals surface area contributed by atoms with Crippen LogP contribution in [0.25, 0.3) is 10.9 Å². The van der Waals surface area contributed by atoms with Gasteiger partial charge in [0.15, 0.2) is 0 Å². The molecule has 0 unspecified atom stereocenters. The number of rotatable bonds is 2. The maximum absolute atomic E-state index is 12.9. The topological polar surface area (TPSA) is 38.9 Å². The molecule has 0 saturated heterocycles. The fraction of sp³-hybridized carbons (Fsp3) is 0. The number of anilines is 1. The van der Waals surface area contributed by atoms with Gasteiger partial charge < -0.3 is 5.73 Å². The van der Waals surface area contributed by atoms with Gasteiger partial charge >= 0.3 is 0 Å². The highest BCUT2D eigenvalue weighted by Crippen LogP contribution is 2.35. The van der Waals surface area contributed by atoms with E-state index >= 15 is 0 Å². The second kappa shape index (κ2) is 4.90. The van der Waals surface area contributed by atoms with E-state index < -0.39 is 0 Å². The van der Waals surface area contributed by atoms with Gasteiger partial charge in [-0.3, -0.25) is 4.98 Å². The van der Waals surface area contributed by atoms with Crippen molar-refractivity contribution >= 4 is 28.4 Å². The molecule has 2 aromatic carbocycles. The van der Waals surface area contributed by atoms with E-state index in [4.69, 9.17) is 5.73 Å². The van der Waals surface area contributed by atoms with Crippen molar-refractivity contribution < 1.29 is 4.39 Å². The summed E-state index contributed by atoms with van der Waals surface area (Å²) in [4.78, 5) is 6.17. The molecular weight excluding hydrogens is 259 g/mol. The molecule has 0 fully saturated rings. The second-order valence-corrected chi connectivity index (χ2v) is 5.22. The zero-order valence-electron chi connectivity index (χ0n) is 10.0. The number of nitrogens with zero attached hydrogens (tertiary/aromatic N) is 1. The molecule has 4 heteroatoms. The molecule has 19 heavy (non-hydrogen) atoms. The van der Waals surface area contributed by atoms with E-state index in [-0.39, 0.29) is 5.82 Å². The third-order valence-electron chi connectivity index (χ3n) is 2.83. The van der Waals surface area contributed by atoms with Crippen LogP contribution in [0.15, 0.2) is 64.5 Å². The van der Waals surface area contributed by atoms with E-state index in [1.807, 2.05) is 24.3 Å². The fourth-order valence-electron chi connectivity index (χ4n) is 1.87. The van der Waals surface area contributed by atoms with Gasteiger partial charge in [-0.15, -0.1) is 0 Å². The quantitative estimate of drug-likeness (QED) is 0.712. The first-order chi connectivity index (χ1) is 9.24. The van der Waals surface area contributed by atoms with Gasteiger partial charge in [0.25, 0.3) is 0 Å². The highest BCUT2D eigenvalue weighted by atomic mass is 32.2. The SMILES string of the molecule is Nc1c(Sc2ccc(F)cc2)ccc2ncccc12. The Kier molecular flexibility index (Phi) is 3.09. The molecule has 0 aliphatic heterocycles. The number of nitrogen functional groups attached to an aromatic ring is 1. The van der Waals surface area contributed by atoms with Gasteiger partial charge in [0, 0.05) is 21.4 Å². The van der Waals surface area contributed by atoms with Crippen molar-refractivity contribution in [1.82, 2.24) is 4.98 Å². The summed E-state index contributed by atoms with van der Waals surface area (Å²) in [5.74, 6) is -0.236. The molecule has 1 aromatic heterocycles. The van der Waals surface area contributed by atoms with E-state index in [1.165, 1.54) is 23.9 Å². The van der Waals surface area contributed by atoms with Crippen LogP contribution in [0.4, 0.5) is 10.1 Å². The van der Waals surface area contributed by atoms with Crippen LogP contribution >= 0.6 is 11.8 Å². The summed E-state index contributed by atoms with van der Waals surface area (Å²) >= 11 is 1.52. The summed E-state index contributed by atoms with van der Waals surface area (Å²) in [6, 6.07) is 14.1. The third-order valence-corrected chi connectivity index (χ3v) is 3.91. The highest BCUT2D eigenvalue weighted by Gasteiger charge is 2.06. The first kappa shape index (κ1) is 12.0. The van der Waals surface area contributed by atoms with E-state index in [0.717, 1.165) is 20.7 Å². The minimum absolute atomic E-state index is 0.236. The number of hydrogen-bond acceptors (Lipinski definition) is 3. The Hall–Kier alpha value is -2.07. The number of benzene rings is 2. The number of aromatic nitrogens is 1. The third kappa shape index (κ3) is 2.39. The molecule has 3 rings (SSSR count). The molecule has 0 amide bonds. The summed E-state index contributed by atoms with van der Waals surface area (Å²) in [6.45, 7) is 0. The van der Waals surface area contributed by atoms with Gasteiger partial charge in [-0.25, -0.2) is 4.39 Å². The molecule has 0 atom stereocenters. The van der Waals surface area contributed by atoms with Gasteiger partial charge in [0.05, 0.1) is 11.2 Å². The molecule has 2 N–H and O–H groups in total. The van der Waals surface area contributed by atoms with E-state index in [1.54, 1.807) is 18.3 Å². The minimum Gasteiger partial charge on any atom is -0.397 e. The summed E-state index contributed by atoms with van der Waals surface area (Å²) in [5, 5.41) is 0.939. The maximum atomic E-state index is 12.9. The first-order valence-electron chi connectivity index (χ1n) is 5.81. The molecule has 0 radical (unpaired) electrons. The molecule has 2 nitrogen and oxygen atoms in total. The lowest BCUT2D eigenvalue weighted by Crippen LogP contribution is -1.91. The highest BCUT2D eigenvalue weighted by molar-refractivity contribution is 7.99. The minimum atomic E-state index is -0.236. The lowest BCUT2D eigenvalue weighted by Gasteiger charge is -2.08. The van der Waals surface area contributed by atoms with Crippen molar-refractivity contribution in [2.75, 3.05) is 5.73 Å². The van der Waals surface area contributed by atoms with E-state index in [9.17, 15) is 4.39 Å². The second-order valence-electron chi connectivity index (χ2n) is 4.10. The van der Waals surface area contributed by atoms with Gasteiger partial charge in [-0.2, -0.15) is 0 Å². The monoisotopic (exact) mass is 270 g/mol. The first-order valence-corrected chi connectivity index (χ1v) is 6.62. The Bertz CT molecular complexity index is 726. The Morgan fingerprint density at radius 3 is 2.58 bits per heavy atom. The molecule has 94 valence electrons. The molecule has 3 aromatic rings. The Labute approximate surface area is 114 Å². The maximum Gasteiger partial charge on any atom is 0.123 e. The van der Waals surface area contributed by atoms with Crippen LogP contribution in [-0.2, 0) is 0 Å². The van der Waals surface area contributed by atoms with E-state index in [2.05, 4.69) is 4.98 Å². The van der Waals surface area contributed by atoms with Crippen LogP contribution in [0.1, 0.15) is 0 Å². The Morgan fingerprint density at radius 1 is 1.00 bits per heavy atom. The normalized spacial score (nSPS) is 10.8. The molecule has 1 heterocycles. The fourth-order valence-corrected chi connectivity index (χ4v) is 2.76. The zero-order valence-corrected chi connectivity index (χ0v) is 10.8. The Morgan fingerprint density at radius 2 is 1.79 bits per heavy atom. The van der Waals surface area contributed by atoms with Crippen LogP contribution < -0.4 is 5.73 Å². The number of halogens is 1. The molecule has 0 aliphatic rings.